The third kappa shape index (κ3) is 2.85. The Hall–Kier alpha value is -2.24. The fourth-order valence-corrected chi connectivity index (χ4v) is 3.51. The van der Waals surface area contributed by atoms with E-state index >= 15 is 0 Å². The van der Waals surface area contributed by atoms with E-state index in [1.165, 1.54) is 5.56 Å². The summed E-state index contributed by atoms with van der Waals surface area (Å²) in [6, 6.07) is 16.1. The lowest BCUT2D eigenvalue weighted by Crippen LogP contribution is -1.93. The predicted octanol–water partition coefficient (Wildman–Crippen LogP) is 4.41. The number of nitrogens with zero attached hydrogens (tertiary/aromatic N) is 4. The summed E-state index contributed by atoms with van der Waals surface area (Å²) in [5, 5.41) is 14.9. The highest BCUT2D eigenvalue weighted by Crippen LogP contribution is 2.23. The van der Waals surface area contributed by atoms with Crippen LogP contribution in [-0.2, 0) is 6.42 Å². The van der Waals surface area contributed by atoms with E-state index in [0.717, 1.165) is 38.4 Å². The van der Waals surface area contributed by atoms with Gasteiger partial charge in [-0.05, 0) is 24.6 Å². The summed E-state index contributed by atoms with van der Waals surface area (Å²) < 4.78 is 1.81. The van der Waals surface area contributed by atoms with Gasteiger partial charge >= 0.3 is 0 Å². The van der Waals surface area contributed by atoms with Crippen molar-refractivity contribution in [2.45, 2.75) is 13.3 Å². The summed E-state index contributed by atoms with van der Waals surface area (Å²) in [7, 11) is 0. The largest absolute Gasteiger partial charge is 0.234 e. The molecule has 0 aliphatic heterocycles. The van der Waals surface area contributed by atoms with Crippen molar-refractivity contribution in [2.75, 3.05) is 0 Å². The molecule has 0 N–H and O–H groups in total. The summed E-state index contributed by atoms with van der Waals surface area (Å²) in [6.45, 7) is 2.06. The molecule has 114 valence electrons. The molecule has 0 fully saturated rings. The number of aryl methyl sites for hydroxylation is 1. The first-order valence-electron chi connectivity index (χ1n) is 7.22. The first kappa shape index (κ1) is 14.4. The zero-order valence-electron chi connectivity index (χ0n) is 12.4. The highest BCUT2D eigenvalue weighted by molar-refractivity contribution is 7.16. The Kier molecular flexibility index (Phi) is 3.59. The van der Waals surface area contributed by atoms with E-state index in [4.69, 9.17) is 11.6 Å². The maximum absolute atomic E-state index is 6.04. The van der Waals surface area contributed by atoms with Crippen LogP contribution in [0, 0.1) is 6.92 Å². The van der Waals surface area contributed by atoms with Gasteiger partial charge in [-0.25, -0.2) is 0 Å². The van der Waals surface area contributed by atoms with Gasteiger partial charge in [0.1, 0.15) is 5.01 Å². The van der Waals surface area contributed by atoms with E-state index in [0.29, 0.717) is 0 Å². The van der Waals surface area contributed by atoms with Crippen molar-refractivity contribution in [3.63, 3.8) is 0 Å². The summed E-state index contributed by atoms with van der Waals surface area (Å²) in [4.78, 5) is 0.803. The number of benzene rings is 2. The number of hydrogen-bond acceptors (Lipinski definition) is 4. The maximum Gasteiger partial charge on any atom is 0.234 e. The first-order valence-corrected chi connectivity index (χ1v) is 8.41. The fraction of sp³-hybridized carbons (Fsp3) is 0.118. The van der Waals surface area contributed by atoms with Crippen molar-refractivity contribution in [1.82, 2.24) is 19.8 Å². The van der Waals surface area contributed by atoms with Crippen molar-refractivity contribution >= 4 is 27.9 Å². The molecule has 0 atom stereocenters. The summed E-state index contributed by atoms with van der Waals surface area (Å²) in [6.07, 6.45) is 0.738. The Morgan fingerprint density at radius 3 is 2.70 bits per heavy atom. The Labute approximate surface area is 142 Å². The van der Waals surface area contributed by atoms with Gasteiger partial charge in [-0.3, -0.25) is 0 Å². The fourth-order valence-electron chi connectivity index (χ4n) is 2.43. The van der Waals surface area contributed by atoms with Crippen LogP contribution in [0.4, 0.5) is 0 Å². The number of fused-ring (bicyclic) bond motifs is 1. The number of halogens is 1. The minimum atomic E-state index is 0.738. The molecule has 0 saturated carbocycles. The Bertz CT molecular complexity index is 972. The molecule has 2 heterocycles. The van der Waals surface area contributed by atoms with Crippen molar-refractivity contribution < 1.29 is 0 Å². The smallest absolute Gasteiger partial charge is 0.183 e. The second-order valence-corrected chi connectivity index (χ2v) is 6.86. The molecule has 0 unspecified atom stereocenters. The van der Waals surface area contributed by atoms with Crippen molar-refractivity contribution in [3.05, 3.63) is 69.7 Å². The van der Waals surface area contributed by atoms with Crippen LogP contribution >= 0.6 is 22.9 Å². The number of hydrogen-bond donors (Lipinski definition) is 0. The molecule has 4 nitrogen and oxygen atoms in total. The lowest BCUT2D eigenvalue weighted by molar-refractivity contribution is 0.918. The third-order valence-electron chi connectivity index (χ3n) is 3.59. The van der Waals surface area contributed by atoms with Crippen LogP contribution in [0.15, 0.2) is 48.5 Å². The number of rotatable bonds is 3. The minimum Gasteiger partial charge on any atom is -0.183 e. The molecule has 23 heavy (non-hydrogen) atoms. The lowest BCUT2D eigenvalue weighted by atomic mass is 10.1. The van der Waals surface area contributed by atoms with Crippen LogP contribution in [0.2, 0.25) is 5.02 Å². The summed E-state index contributed by atoms with van der Waals surface area (Å²) in [5.74, 6) is 0.772. The van der Waals surface area contributed by atoms with Crippen molar-refractivity contribution in [1.29, 1.82) is 0 Å². The van der Waals surface area contributed by atoms with Crippen LogP contribution < -0.4 is 0 Å². The van der Waals surface area contributed by atoms with Gasteiger partial charge in [0, 0.05) is 17.0 Å². The molecule has 0 aliphatic rings. The van der Waals surface area contributed by atoms with Gasteiger partial charge in [0.15, 0.2) is 5.82 Å². The van der Waals surface area contributed by atoms with Crippen LogP contribution in [-0.4, -0.2) is 19.8 Å². The quantitative estimate of drug-likeness (QED) is 0.555. The SMILES string of the molecule is Cc1ccc(-c2nnc3sc(Cc4cccc(Cl)c4)nn23)cc1. The third-order valence-corrected chi connectivity index (χ3v) is 4.72. The zero-order valence-corrected chi connectivity index (χ0v) is 14.0. The van der Waals surface area contributed by atoms with Gasteiger partial charge in [-0.2, -0.15) is 9.61 Å². The second kappa shape index (κ2) is 5.76. The van der Waals surface area contributed by atoms with Crippen LogP contribution in [0.3, 0.4) is 0 Å². The predicted molar refractivity (Wildman–Crippen MR) is 93.1 cm³/mol. The van der Waals surface area contributed by atoms with Crippen LogP contribution in [0.25, 0.3) is 16.3 Å². The lowest BCUT2D eigenvalue weighted by Gasteiger charge is -1.99. The average Bonchev–Trinajstić information content (AvgIpc) is 3.08. The molecule has 2 aromatic carbocycles. The number of aromatic nitrogens is 4. The highest BCUT2D eigenvalue weighted by Gasteiger charge is 2.13. The molecule has 0 saturated heterocycles. The molecule has 2 aromatic heterocycles. The molecule has 0 radical (unpaired) electrons. The standard InChI is InChI=1S/C17H13ClN4S/c1-11-5-7-13(8-6-11)16-19-20-17-22(16)21-15(23-17)10-12-3-2-4-14(18)9-12/h2-9H,10H2,1H3. The van der Waals surface area contributed by atoms with Gasteiger partial charge in [-0.1, -0.05) is 64.9 Å². The van der Waals surface area contributed by atoms with Gasteiger partial charge in [0.05, 0.1) is 0 Å². The van der Waals surface area contributed by atoms with Crippen molar-refractivity contribution in [3.8, 4) is 11.4 Å². The molecule has 0 aliphatic carbocycles. The molecule has 0 bridgehead atoms. The Morgan fingerprint density at radius 2 is 1.91 bits per heavy atom. The second-order valence-electron chi connectivity index (χ2n) is 5.39. The van der Waals surface area contributed by atoms with E-state index in [2.05, 4.69) is 40.4 Å². The minimum absolute atomic E-state index is 0.738. The topological polar surface area (TPSA) is 43.1 Å². The Morgan fingerprint density at radius 1 is 1.09 bits per heavy atom. The average molecular weight is 341 g/mol. The molecule has 4 aromatic rings. The van der Waals surface area contributed by atoms with Gasteiger partial charge in [-0.15, -0.1) is 10.2 Å². The van der Waals surface area contributed by atoms with E-state index < -0.39 is 0 Å². The van der Waals surface area contributed by atoms with E-state index in [-0.39, 0.29) is 0 Å². The highest BCUT2D eigenvalue weighted by atomic mass is 35.5. The zero-order chi connectivity index (χ0) is 15.8. The summed E-state index contributed by atoms with van der Waals surface area (Å²) >= 11 is 7.59. The normalized spacial score (nSPS) is 11.2. The molecule has 0 amide bonds. The maximum atomic E-state index is 6.04. The molecule has 4 rings (SSSR count). The van der Waals surface area contributed by atoms with Gasteiger partial charge in [0.25, 0.3) is 0 Å². The van der Waals surface area contributed by atoms with Gasteiger partial charge in [0.2, 0.25) is 4.96 Å². The Balaban J connectivity index is 1.70. The van der Waals surface area contributed by atoms with E-state index in [1.54, 1.807) is 11.3 Å². The molecular formula is C17H13ClN4S. The molecule has 6 heteroatoms. The molecular weight excluding hydrogens is 328 g/mol. The van der Waals surface area contributed by atoms with Gasteiger partial charge < -0.3 is 0 Å². The summed E-state index contributed by atoms with van der Waals surface area (Å²) in [5.41, 5.74) is 3.37. The van der Waals surface area contributed by atoms with Crippen LogP contribution in [0.1, 0.15) is 16.1 Å². The first-order chi connectivity index (χ1) is 11.2. The van der Waals surface area contributed by atoms with E-state index in [9.17, 15) is 0 Å². The van der Waals surface area contributed by atoms with E-state index in [1.807, 2.05) is 34.8 Å². The van der Waals surface area contributed by atoms with Crippen LogP contribution in [0.5, 0.6) is 0 Å². The monoisotopic (exact) mass is 340 g/mol. The van der Waals surface area contributed by atoms with Crippen molar-refractivity contribution in [2.24, 2.45) is 0 Å². The molecule has 0 spiro atoms.